The Morgan fingerprint density at radius 1 is 1.41 bits per heavy atom. The molecule has 90 valence electrons. The highest BCUT2D eigenvalue weighted by atomic mass is 16.5. The van der Waals surface area contributed by atoms with E-state index in [-0.39, 0.29) is 6.10 Å². The number of carbonyl (C=O) groups excluding carboxylic acids is 1. The molecule has 1 atom stereocenters. The lowest BCUT2D eigenvalue weighted by Crippen LogP contribution is -2.21. The monoisotopic (exact) mass is 233 g/mol. The minimum atomic E-state index is -0.433. The van der Waals surface area contributed by atoms with Gasteiger partial charge in [-0.1, -0.05) is 0 Å². The molecule has 0 radical (unpaired) electrons. The summed E-state index contributed by atoms with van der Waals surface area (Å²) in [7, 11) is 0. The Hall–Kier alpha value is -1.97. The van der Waals surface area contributed by atoms with Gasteiger partial charge in [-0.25, -0.2) is 0 Å². The zero-order valence-electron chi connectivity index (χ0n) is 9.46. The molecule has 1 heterocycles. The van der Waals surface area contributed by atoms with E-state index in [0.717, 1.165) is 12.8 Å². The number of hydrogen-bond donors (Lipinski definition) is 1. The average Bonchev–Trinajstić information content (AvgIpc) is 2.38. The first-order valence-corrected chi connectivity index (χ1v) is 5.59. The first kappa shape index (κ1) is 11.5. The number of benzene rings is 1. The number of allylic oxidation sites excluding steroid dienone is 1. The number of nitrogens with two attached hydrogens (primary N) is 1. The summed E-state index contributed by atoms with van der Waals surface area (Å²) in [4.78, 5) is 10.9. The van der Waals surface area contributed by atoms with Crippen molar-refractivity contribution in [1.29, 1.82) is 0 Å². The van der Waals surface area contributed by atoms with E-state index in [4.69, 9.17) is 15.2 Å². The smallest absolute Gasteiger partial charge is 0.248 e. The van der Waals surface area contributed by atoms with Crippen molar-refractivity contribution in [3.8, 4) is 5.75 Å². The number of carbonyl (C=O) groups is 1. The van der Waals surface area contributed by atoms with Crippen molar-refractivity contribution in [2.75, 3.05) is 6.61 Å². The van der Waals surface area contributed by atoms with Gasteiger partial charge in [0, 0.05) is 5.56 Å². The molecule has 4 heteroatoms. The fraction of sp³-hybridized carbons (Fsp3) is 0.308. The van der Waals surface area contributed by atoms with Gasteiger partial charge in [0.2, 0.25) is 5.91 Å². The van der Waals surface area contributed by atoms with Crippen LogP contribution in [0, 0.1) is 0 Å². The lowest BCUT2D eigenvalue weighted by atomic mass is 10.2. The zero-order chi connectivity index (χ0) is 12.1. The largest absolute Gasteiger partial charge is 0.495 e. The minimum absolute atomic E-state index is 0.107. The van der Waals surface area contributed by atoms with Crippen molar-refractivity contribution in [2.24, 2.45) is 5.73 Å². The zero-order valence-corrected chi connectivity index (χ0v) is 9.46. The highest BCUT2D eigenvalue weighted by molar-refractivity contribution is 5.92. The normalized spacial score (nSPS) is 18.5. The summed E-state index contributed by atoms with van der Waals surface area (Å²) >= 11 is 0. The van der Waals surface area contributed by atoms with Gasteiger partial charge in [-0.3, -0.25) is 4.79 Å². The van der Waals surface area contributed by atoms with Gasteiger partial charge in [-0.2, -0.15) is 0 Å². The van der Waals surface area contributed by atoms with Gasteiger partial charge < -0.3 is 15.2 Å². The van der Waals surface area contributed by atoms with Crippen molar-refractivity contribution >= 4 is 5.91 Å². The summed E-state index contributed by atoms with van der Waals surface area (Å²) in [6.07, 6.45) is 5.81. The maximum Gasteiger partial charge on any atom is 0.248 e. The molecule has 1 aromatic rings. The van der Waals surface area contributed by atoms with Gasteiger partial charge in [0.1, 0.15) is 18.5 Å². The van der Waals surface area contributed by atoms with Gasteiger partial charge in [0.05, 0.1) is 6.26 Å². The standard InChI is InChI=1S/C13H15NO3/c14-13(15)10-4-6-11(7-5-10)17-9-12-3-1-2-8-16-12/h2,4-8,12H,1,3,9H2,(H2,14,15). The molecule has 0 saturated carbocycles. The minimum Gasteiger partial charge on any atom is -0.495 e. The first-order valence-electron chi connectivity index (χ1n) is 5.59. The third-order valence-corrected chi connectivity index (χ3v) is 2.60. The Bertz CT molecular complexity index is 411. The summed E-state index contributed by atoms with van der Waals surface area (Å²) in [5.74, 6) is 0.283. The van der Waals surface area contributed by atoms with Gasteiger partial charge in [0.25, 0.3) is 0 Å². The quantitative estimate of drug-likeness (QED) is 0.863. The van der Waals surface area contributed by atoms with Crippen LogP contribution in [-0.4, -0.2) is 18.6 Å². The molecule has 0 saturated heterocycles. The van der Waals surface area contributed by atoms with Crippen molar-refractivity contribution in [1.82, 2.24) is 0 Å². The number of ether oxygens (including phenoxy) is 2. The number of amides is 1. The Kier molecular flexibility index (Phi) is 3.65. The third kappa shape index (κ3) is 3.24. The summed E-state index contributed by atoms with van der Waals surface area (Å²) in [6.45, 7) is 0.514. The SMILES string of the molecule is NC(=O)c1ccc(OCC2CCC=CO2)cc1. The molecule has 0 fully saturated rings. The second-order valence-corrected chi connectivity index (χ2v) is 3.91. The maximum atomic E-state index is 10.9. The van der Waals surface area contributed by atoms with Crippen LogP contribution in [0.3, 0.4) is 0 Å². The molecule has 2 rings (SSSR count). The van der Waals surface area contributed by atoms with Crippen LogP contribution in [0.1, 0.15) is 23.2 Å². The fourth-order valence-electron chi connectivity index (χ4n) is 1.61. The number of hydrogen-bond acceptors (Lipinski definition) is 3. The third-order valence-electron chi connectivity index (χ3n) is 2.60. The van der Waals surface area contributed by atoms with E-state index in [0.29, 0.717) is 17.9 Å². The number of primary amides is 1. The predicted octanol–water partition coefficient (Wildman–Crippen LogP) is 1.86. The summed E-state index contributed by atoms with van der Waals surface area (Å²) in [5, 5.41) is 0. The van der Waals surface area contributed by atoms with Gasteiger partial charge in [0.15, 0.2) is 0 Å². The molecule has 1 aliphatic heterocycles. The predicted molar refractivity (Wildman–Crippen MR) is 63.7 cm³/mol. The highest BCUT2D eigenvalue weighted by Crippen LogP contribution is 2.15. The highest BCUT2D eigenvalue weighted by Gasteiger charge is 2.11. The Morgan fingerprint density at radius 2 is 2.18 bits per heavy atom. The van der Waals surface area contributed by atoms with Gasteiger partial charge in [-0.15, -0.1) is 0 Å². The molecule has 17 heavy (non-hydrogen) atoms. The van der Waals surface area contributed by atoms with E-state index in [1.54, 1.807) is 30.5 Å². The van der Waals surface area contributed by atoms with Gasteiger partial charge in [-0.05, 0) is 43.2 Å². The molecule has 1 unspecified atom stereocenters. The van der Waals surface area contributed by atoms with Crippen LogP contribution in [0.5, 0.6) is 5.75 Å². The van der Waals surface area contributed by atoms with Crippen LogP contribution in [0.25, 0.3) is 0 Å². The lowest BCUT2D eigenvalue weighted by Gasteiger charge is -2.19. The number of rotatable bonds is 4. The maximum absolute atomic E-state index is 10.9. The van der Waals surface area contributed by atoms with Gasteiger partial charge >= 0.3 is 0 Å². The molecule has 1 amide bonds. The fourth-order valence-corrected chi connectivity index (χ4v) is 1.61. The Morgan fingerprint density at radius 3 is 2.76 bits per heavy atom. The molecule has 4 nitrogen and oxygen atoms in total. The molecular weight excluding hydrogens is 218 g/mol. The topological polar surface area (TPSA) is 61.6 Å². The van der Waals surface area contributed by atoms with E-state index in [2.05, 4.69) is 0 Å². The summed E-state index contributed by atoms with van der Waals surface area (Å²) in [6, 6.07) is 6.77. The van der Waals surface area contributed by atoms with Crippen LogP contribution in [-0.2, 0) is 4.74 Å². The Labute approximate surface area is 100 Å². The van der Waals surface area contributed by atoms with Crippen LogP contribution >= 0.6 is 0 Å². The van der Waals surface area contributed by atoms with Crippen molar-refractivity contribution < 1.29 is 14.3 Å². The van der Waals surface area contributed by atoms with Crippen LogP contribution in [0.4, 0.5) is 0 Å². The Balaban J connectivity index is 1.86. The second kappa shape index (κ2) is 5.39. The van der Waals surface area contributed by atoms with E-state index >= 15 is 0 Å². The molecular formula is C13H15NO3. The molecule has 0 bridgehead atoms. The first-order chi connectivity index (χ1) is 8.25. The van der Waals surface area contributed by atoms with Crippen molar-refractivity contribution in [3.05, 3.63) is 42.2 Å². The van der Waals surface area contributed by atoms with Crippen LogP contribution < -0.4 is 10.5 Å². The summed E-state index contributed by atoms with van der Waals surface area (Å²) in [5.41, 5.74) is 5.63. The van der Waals surface area contributed by atoms with Crippen molar-refractivity contribution in [3.63, 3.8) is 0 Å². The van der Waals surface area contributed by atoms with E-state index in [1.165, 1.54) is 0 Å². The van der Waals surface area contributed by atoms with Crippen LogP contribution in [0.15, 0.2) is 36.6 Å². The molecule has 0 spiro atoms. The van der Waals surface area contributed by atoms with E-state index < -0.39 is 5.91 Å². The summed E-state index contributed by atoms with van der Waals surface area (Å²) < 4.78 is 11.0. The van der Waals surface area contributed by atoms with E-state index in [9.17, 15) is 4.79 Å². The average molecular weight is 233 g/mol. The molecule has 0 aromatic heterocycles. The van der Waals surface area contributed by atoms with Crippen molar-refractivity contribution in [2.45, 2.75) is 18.9 Å². The molecule has 0 aliphatic carbocycles. The van der Waals surface area contributed by atoms with Crippen LogP contribution in [0.2, 0.25) is 0 Å². The molecule has 2 N–H and O–H groups in total. The second-order valence-electron chi connectivity index (χ2n) is 3.91. The van der Waals surface area contributed by atoms with E-state index in [1.807, 2.05) is 6.08 Å². The molecule has 1 aromatic carbocycles. The molecule has 1 aliphatic rings. The lowest BCUT2D eigenvalue weighted by molar-refractivity contribution is 0.0732.